The molecule has 0 heterocycles. The zero-order valence-corrected chi connectivity index (χ0v) is 29.7. The van der Waals surface area contributed by atoms with Crippen molar-refractivity contribution in [3.63, 3.8) is 0 Å². The zero-order chi connectivity index (χ0) is 34.5. The van der Waals surface area contributed by atoms with Crippen LogP contribution in [0.3, 0.4) is 0 Å². The van der Waals surface area contributed by atoms with Crippen LogP contribution in [0.2, 0.25) is 0 Å². The summed E-state index contributed by atoms with van der Waals surface area (Å²) in [5, 5.41) is 0. The molecule has 0 aromatic heterocycles. The Hall–Kier alpha value is -5.14. The topological polar surface area (TPSA) is 3.24 Å². The van der Waals surface area contributed by atoms with E-state index in [2.05, 4.69) is 167 Å². The molecule has 0 amide bonds. The van der Waals surface area contributed by atoms with Gasteiger partial charge in [-0.2, -0.15) is 0 Å². The van der Waals surface area contributed by atoms with Gasteiger partial charge in [0, 0.05) is 17.1 Å². The Morgan fingerprint density at radius 3 is 1.49 bits per heavy atom. The highest BCUT2D eigenvalue weighted by atomic mass is 15.1. The SMILES string of the molecule is C=C/C=C\C=C(C)C.CCC.C\C=C/C(/C=C/c1ccc(N(c2ccccc2)c2ccccc2)cc1)=C\C=C\C.Cc1ccccc1. The quantitative estimate of drug-likeness (QED) is 0.168. The lowest BCUT2D eigenvalue weighted by molar-refractivity contribution is 1.09. The number of para-hydroxylation sites is 2. The van der Waals surface area contributed by atoms with Crippen molar-refractivity contribution >= 4 is 23.1 Å². The minimum atomic E-state index is 1.14. The largest absolute Gasteiger partial charge is 0.311 e. The fourth-order valence-corrected chi connectivity index (χ4v) is 3.96. The highest BCUT2D eigenvalue weighted by Gasteiger charge is 2.11. The lowest BCUT2D eigenvalue weighted by Gasteiger charge is -2.25. The molecule has 1 nitrogen and oxygen atoms in total. The van der Waals surface area contributed by atoms with Crippen LogP contribution in [-0.4, -0.2) is 0 Å². The van der Waals surface area contributed by atoms with Crippen LogP contribution < -0.4 is 4.90 Å². The number of benzene rings is 4. The molecule has 0 fully saturated rings. The minimum Gasteiger partial charge on any atom is -0.311 e. The van der Waals surface area contributed by atoms with Gasteiger partial charge in [-0.1, -0.05) is 184 Å². The van der Waals surface area contributed by atoms with Crippen molar-refractivity contribution in [3.05, 3.63) is 205 Å². The first kappa shape index (κ1) is 39.9. The molecule has 0 aliphatic carbocycles. The van der Waals surface area contributed by atoms with Gasteiger partial charge in [0.25, 0.3) is 0 Å². The van der Waals surface area contributed by atoms with E-state index in [1.54, 1.807) is 6.08 Å². The van der Waals surface area contributed by atoms with Gasteiger partial charge in [0.1, 0.15) is 0 Å². The van der Waals surface area contributed by atoms with Gasteiger partial charge in [-0.05, 0) is 82.2 Å². The number of rotatable bonds is 9. The molecule has 47 heavy (non-hydrogen) atoms. The normalized spacial score (nSPS) is 10.8. The van der Waals surface area contributed by atoms with Crippen molar-refractivity contribution in [3.8, 4) is 0 Å². The maximum Gasteiger partial charge on any atom is 0.0462 e. The van der Waals surface area contributed by atoms with Gasteiger partial charge in [0.2, 0.25) is 0 Å². The second kappa shape index (κ2) is 26.1. The molecule has 244 valence electrons. The molecule has 1 heteroatoms. The Kier molecular flexibility index (Phi) is 22.2. The number of hydrogen-bond donors (Lipinski definition) is 0. The van der Waals surface area contributed by atoms with Gasteiger partial charge < -0.3 is 4.90 Å². The predicted octanol–water partition coefficient (Wildman–Crippen LogP) is 14.4. The third-order valence-corrected chi connectivity index (χ3v) is 6.11. The highest BCUT2D eigenvalue weighted by Crippen LogP contribution is 2.34. The summed E-state index contributed by atoms with van der Waals surface area (Å²) in [4.78, 5) is 2.27. The molecule has 0 atom stereocenters. The first-order valence-corrected chi connectivity index (χ1v) is 16.5. The summed E-state index contributed by atoms with van der Waals surface area (Å²) < 4.78 is 0. The van der Waals surface area contributed by atoms with Crippen molar-refractivity contribution in [1.29, 1.82) is 0 Å². The third-order valence-electron chi connectivity index (χ3n) is 6.11. The molecule has 0 saturated heterocycles. The standard InChI is InChI=1S/C28H27N.C8H12.C7H8.C3H8/c1-3-5-13-24(12-4-2)18-19-25-20-22-28(23-21-25)29(26-14-8-6-9-15-26)27-16-10-7-11-17-27;1-4-5-6-7-8(2)3;1-7-5-3-2-4-6-7;1-3-2/h3-23H,1-2H3;4-7H,1H2,2-3H3;2-6H,1H3;3H2,1-2H3/b5-3+,12-4-,19-18+,24-13+;6-5-;;. The average molecular weight is 622 g/mol. The first-order chi connectivity index (χ1) is 22.9. The third kappa shape index (κ3) is 18.4. The van der Waals surface area contributed by atoms with Crippen LogP contribution in [0.1, 0.15) is 59.1 Å². The van der Waals surface area contributed by atoms with Gasteiger partial charge in [-0.25, -0.2) is 0 Å². The van der Waals surface area contributed by atoms with Crippen LogP contribution in [0.5, 0.6) is 0 Å². The predicted molar refractivity (Wildman–Crippen MR) is 214 cm³/mol. The maximum atomic E-state index is 3.54. The number of anilines is 3. The number of allylic oxidation sites excluding steroid dienone is 12. The van der Waals surface area contributed by atoms with Crippen LogP contribution in [-0.2, 0) is 0 Å². The summed E-state index contributed by atoms with van der Waals surface area (Å²) in [5.74, 6) is 0. The molecule has 4 aromatic carbocycles. The summed E-state index contributed by atoms with van der Waals surface area (Å²) in [5.41, 5.74) is 8.40. The molecule has 0 bridgehead atoms. The molecule has 0 N–H and O–H groups in total. The van der Waals surface area contributed by atoms with E-state index in [-0.39, 0.29) is 0 Å². The summed E-state index contributed by atoms with van der Waals surface area (Å²) in [6.45, 7) is 18.1. The fourth-order valence-electron chi connectivity index (χ4n) is 3.96. The first-order valence-electron chi connectivity index (χ1n) is 16.5. The molecule has 4 rings (SSSR count). The van der Waals surface area contributed by atoms with E-state index in [0.717, 1.165) is 17.1 Å². The van der Waals surface area contributed by atoms with E-state index in [0.29, 0.717) is 0 Å². The van der Waals surface area contributed by atoms with Crippen molar-refractivity contribution < 1.29 is 0 Å². The van der Waals surface area contributed by atoms with E-state index < -0.39 is 0 Å². The van der Waals surface area contributed by atoms with Crippen molar-refractivity contribution in [2.75, 3.05) is 4.90 Å². The molecule has 0 spiro atoms. The van der Waals surface area contributed by atoms with Crippen molar-refractivity contribution in [1.82, 2.24) is 0 Å². The van der Waals surface area contributed by atoms with E-state index in [1.165, 1.54) is 28.7 Å². The van der Waals surface area contributed by atoms with Gasteiger partial charge >= 0.3 is 0 Å². The summed E-state index contributed by atoms with van der Waals surface area (Å²) in [6, 6.07) is 39.8. The second-order valence-corrected chi connectivity index (χ2v) is 10.9. The number of nitrogens with zero attached hydrogens (tertiary/aromatic N) is 1. The van der Waals surface area contributed by atoms with Gasteiger partial charge in [-0.3, -0.25) is 0 Å². The Labute approximate surface area is 287 Å². The molecule has 0 aliphatic heterocycles. The van der Waals surface area contributed by atoms with Gasteiger partial charge in [-0.15, -0.1) is 0 Å². The van der Waals surface area contributed by atoms with Gasteiger partial charge in [0.05, 0.1) is 0 Å². The van der Waals surface area contributed by atoms with E-state index >= 15 is 0 Å². The van der Waals surface area contributed by atoms with E-state index in [1.807, 2.05) is 68.5 Å². The Bertz CT molecular complexity index is 1490. The lowest BCUT2D eigenvalue weighted by Crippen LogP contribution is -2.09. The van der Waals surface area contributed by atoms with E-state index in [4.69, 9.17) is 0 Å². The maximum absolute atomic E-state index is 3.54. The fraction of sp³-hybridized carbons (Fsp3) is 0.174. The second-order valence-electron chi connectivity index (χ2n) is 10.9. The lowest BCUT2D eigenvalue weighted by atomic mass is 10.1. The van der Waals surface area contributed by atoms with Crippen LogP contribution in [0, 0.1) is 6.92 Å². The molecule has 0 unspecified atom stereocenters. The zero-order valence-electron chi connectivity index (χ0n) is 29.7. The van der Waals surface area contributed by atoms with Crippen LogP contribution in [0.25, 0.3) is 6.08 Å². The molecular formula is C46H55N. The molecule has 4 aromatic rings. The van der Waals surface area contributed by atoms with Crippen molar-refractivity contribution in [2.45, 2.75) is 54.9 Å². The Morgan fingerprint density at radius 2 is 1.09 bits per heavy atom. The average Bonchev–Trinajstić information content (AvgIpc) is 3.09. The summed E-state index contributed by atoms with van der Waals surface area (Å²) in [6.07, 6.45) is 23.6. The van der Waals surface area contributed by atoms with Crippen molar-refractivity contribution in [2.24, 2.45) is 0 Å². The van der Waals surface area contributed by atoms with Crippen LogP contribution >= 0.6 is 0 Å². The Morgan fingerprint density at radius 1 is 0.596 bits per heavy atom. The number of hydrogen-bond acceptors (Lipinski definition) is 1. The smallest absolute Gasteiger partial charge is 0.0462 e. The molecule has 0 saturated carbocycles. The molecule has 0 radical (unpaired) electrons. The summed E-state index contributed by atoms with van der Waals surface area (Å²) >= 11 is 0. The van der Waals surface area contributed by atoms with Crippen LogP contribution in [0.4, 0.5) is 17.1 Å². The van der Waals surface area contributed by atoms with E-state index in [9.17, 15) is 0 Å². The molecular weight excluding hydrogens is 567 g/mol. The van der Waals surface area contributed by atoms with Crippen LogP contribution in [0.15, 0.2) is 194 Å². The monoisotopic (exact) mass is 621 g/mol. The minimum absolute atomic E-state index is 1.14. The highest BCUT2D eigenvalue weighted by molar-refractivity contribution is 5.77. The summed E-state index contributed by atoms with van der Waals surface area (Å²) in [7, 11) is 0. The van der Waals surface area contributed by atoms with Gasteiger partial charge in [0.15, 0.2) is 0 Å². The molecule has 0 aliphatic rings. The Balaban J connectivity index is 0.000000499. The number of aryl methyl sites for hydroxylation is 1.